The highest BCUT2D eigenvalue weighted by atomic mass is 14.8. The van der Waals surface area contributed by atoms with Crippen LogP contribution >= 0.6 is 0 Å². The van der Waals surface area contributed by atoms with Gasteiger partial charge in [-0.2, -0.15) is 0 Å². The van der Waals surface area contributed by atoms with Crippen LogP contribution in [-0.4, -0.2) is 12.3 Å². The summed E-state index contributed by atoms with van der Waals surface area (Å²) in [6.07, 6.45) is 8.86. The van der Waals surface area contributed by atoms with Crippen molar-refractivity contribution in [3.8, 4) is 0 Å². The molecule has 17 heavy (non-hydrogen) atoms. The summed E-state index contributed by atoms with van der Waals surface area (Å²) >= 11 is 0. The second kappa shape index (κ2) is 6.00. The number of hydrogen-bond donors (Lipinski definition) is 0. The molecule has 1 aliphatic rings. The number of aryl methyl sites for hydroxylation is 1. The van der Waals surface area contributed by atoms with E-state index in [1.165, 1.54) is 43.2 Å². The lowest BCUT2D eigenvalue weighted by molar-refractivity contribution is 0.443. The molecule has 1 unspecified atom stereocenters. The summed E-state index contributed by atoms with van der Waals surface area (Å²) < 4.78 is 0. The molecule has 1 aliphatic carbocycles. The molecule has 1 nitrogen and oxygen atoms in total. The molecule has 0 bridgehead atoms. The molecule has 0 aromatic heterocycles. The van der Waals surface area contributed by atoms with Crippen molar-refractivity contribution in [1.29, 1.82) is 0 Å². The third-order valence-electron chi connectivity index (χ3n) is 3.70. The molecule has 0 radical (unpaired) electrons. The van der Waals surface area contributed by atoms with Gasteiger partial charge in [0.05, 0.1) is 0 Å². The number of nitrogens with zero attached hydrogens (tertiary/aromatic N) is 1. The molecule has 0 N–H and O–H groups in total. The minimum absolute atomic E-state index is 0.442. The fourth-order valence-corrected chi connectivity index (χ4v) is 2.44. The van der Waals surface area contributed by atoms with Gasteiger partial charge in [-0.1, -0.05) is 56.0 Å². The average Bonchev–Trinajstić information content (AvgIpc) is 2.38. The molecule has 1 aromatic carbocycles. The third kappa shape index (κ3) is 3.69. The predicted octanol–water partition coefficient (Wildman–Crippen LogP) is 4.50. The zero-order valence-corrected chi connectivity index (χ0v) is 11.0. The Hall–Kier alpha value is -1.11. The van der Waals surface area contributed by atoms with Crippen LogP contribution < -0.4 is 0 Å². The van der Waals surface area contributed by atoms with Crippen molar-refractivity contribution < 1.29 is 0 Å². The van der Waals surface area contributed by atoms with Crippen LogP contribution in [0.15, 0.2) is 29.3 Å². The standard InChI is InChI=1S/C16H23N/c1-13-8-10-15(11-9-13)14(2)12-17-16-6-4-3-5-7-16/h8-12,14,16H,3-7H2,1-2H3. The highest BCUT2D eigenvalue weighted by Gasteiger charge is 2.11. The van der Waals surface area contributed by atoms with E-state index >= 15 is 0 Å². The van der Waals surface area contributed by atoms with Gasteiger partial charge in [0.2, 0.25) is 0 Å². The molecule has 92 valence electrons. The number of benzene rings is 1. The van der Waals surface area contributed by atoms with E-state index < -0.39 is 0 Å². The van der Waals surface area contributed by atoms with Gasteiger partial charge >= 0.3 is 0 Å². The van der Waals surface area contributed by atoms with Crippen molar-refractivity contribution in [3.63, 3.8) is 0 Å². The molecule has 1 fully saturated rings. The molecule has 1 atom stereocenters. The first kappa shape index (κ1) is 12.3. The van der Waals surface area contributed by atoms with E-state index in [4.69, 9.17) is 4.99 Å². The van der Waals surface area contributed by atoms with Gasteiger partial charge in [0.1, 0.15) is 0 Å². The Morgan fingerprint density at radius 1 is 1.12 bits per heavy atom. The van der Waals surface area contributed by atoms with E-state index in [1.807, 2.05) is 0 Å². The van der Waals surface area contributed by atoms with Crippen LogP contribution in [0.2, 0.25) is 0 Å². The summed E-state index contributed by atoms with van der Waals surface area (Å²) in [5.41, 5.74) is 2.69. The van der Waals surface area contributed by atoms with Crippen molar-refractivity contribution in [1.82, 2.24) is 0 Å². The van der Waals surface area contributed by atoms with Gasteiger partial charge in [-0.05, 0) is 25.3 Å². The molecule has 1 saturated carbocycles. The fraction of sp³-hybridized carbons (Fsp3) is 0.562. The highest BCUT2D eigenvalue weighted by molar-refractivity contribution is 5.67. The van der Waals surface area contributed by atoms with Crippen molar-refractivity contribution in [2.24, 2.45) is 4.99 Å². The van der Waals surface area contributed by atoms with Gasteiger partial charge in [0.15, 0.2) is 0 Å². The number of hydrogen-bond acceptors (Lipinski definition) is 1. The van der Waals surface area contributed by atoms with Gasteiger partial charge in [0.25, 0.3) is 0 Å². The molecule has 1 aromatic rings. The molecular formula is C16H23N. The molecule has 0 saturated heterocycles. The third-order valence-corrected chi connectivity index (χ3v) is 3.70. The molecule has 0 spiro atoms. The van der Waals surface area contributed by atoms with Crippen molar-refractivity contribution >= 4 is 6.21 Å². The largest absolute Gasteiger partial charge is 0.294 e. The monoisotopic (exact) mass is 229 g/mol. The summed E-state index contributed by atoms with van der Waals surface area (Å²) in [5, 5.41) is 0. The topological polar surface area (TPSA) is 12.4 Å². The minimum atomic E-state index is 0.442. The van der Waals surface area contributed by atoms with Crippen LogP contribution in [-0.2, 0) is 0 Å². The lowest BCUT2D eigenvalue weighted by Crippen LogP contribution is -2.10. The van der Waals surface area contributed by atoms with Crippen molar-refractivity contribution in [2.45, 2.75) is 57.9 Å². The van der Waals surface area contributed by atoms with Crippen LogP contribution in [0.1, 0.15) is 56.1 Å². The van der Waals surface area contributed by atoms with Crippen LogP contribution in [0, 0.1) is 6.92 Å². The zero-order valence-electron chi connectivity index (χ0n) is 11.0. The number of rotatable bonds is 3. The second-order valence-electron chi connectivity index (χ2n) is 5.29. The first-order chi connectivity index (χ1) is 8.25. The second-order valence-corrected chi connectivity index (χ2v) is 5.29. The molecule has 2 rings (SSSR count). The van der Waals surface area contributed by atoms with E-state index in [0.29, 0.717) is 12.0 Å². The lowest BCUT2D eigenvalue weighted by Gasteiger charge is -2.18. The molecule has 0 amide bonds. The molecule has 0 heterocycles. The first-order valence-corrected chi connectivity index (χ1v) is 6.85. The Morgan fingerprint density at radius 3 is 2.41 bits per heavy atom. The summed E-state index contributed by atoms with van der Waals surface area (Å²) in [7, 11) is 0. The first-order valence-electron chi connectivity index (χ1n) is 6.85. The number of aliphatic imine (C=N–C) groups is 1. The van der Waals surface area contributed by atoms with Crippen molar-refractivity contribution in [2.75, 3.05) is 0 Å². The maximum absolute atomic E-state index is 4.76. The Labute approximate surface area is 105 Å². The van der Waals surface area contributed by atoms with Crippen LogP contribution in [0.4, 0.5) is 0 Å². The van der Waals surface area contributed by atoms with Gasteiger partial charge in [-0.15, -0.1) is 0 Å². The smallest absolute Gasteiger partial charge is 0.0496 e. The highest BCUT2D eigenvalue weighted by Crippen LogP contribution is 2.21. The normalized spacial score (nSPS) is 19.6. The Kier molecular flexibility index (Phi) is 4.36. The summed E-state index contributed by atoms with van der Waals surface area (Å²) in [6.45, 7) is 4.36. The maximum atomic E-state index is 4.76. The summed E-state index contributed by atoms with van der Waals surface area (Å²) in [5.74, 6) is 0.442. The Bertz CT molecular complexity index is 358. The summed E-state index contributed by atoms with van der Waals surface area (Å²) in [4.78, 5) is 4.76. The van der Waals surface area contributed by atoms with E-state index in [-0.39, 0.29) is 0 Å². The zero-order chi connectivity index (χ0) is 12.1. The van der Waals surface area contributed by atoms with E-state index in [0.717, 1.165) is 0 Å². The predicted molar refractivity (Wildman–Crippen MR) is 75.0 cm³/mol. The summed E-state index contributed by atoms with van der Waals surface area (Å²) in [6, 6.07) is 9.39. The van der Waals surface area contributed by atoms with E-state index in [1.54, 1.807) is 0 Å². The molecule has 0 aliphatic heterocycles. The van der Waals surface area contributed by atoms with Crippen molar-refractivity contribution in [3.05, 3.63) is 35.4 Å². The minimum Gasteiger partial charge on any atom is -0.294 e. The van der Waals surface area contributed by atoms with Gasteiger partial charge in [-0.25, -0.2) is 0 Å². The Balaban J connectivity index is 1.93. The van der Waals surface area contributed by atoms with Gasteiger partial charge < -0.3 is 0 Å². The van der Waals surface area contributed by atoms with Crippen LogP contribution in [0.25, 0.3) is 0 Å². The van der Waals surface area contributed by atoms with E-state index in [9.17, 15) is 0 Å². The SMILES string of the molecule is Cc1ccc(C(C)C=NC2CCCCC2)cc1. The maximum Gasteiger partial charge on any atom is 0.0496 e. The van der Waals surface area contributed by atoms with Gasteiger partial charge in [0, 0.05) is 18.2 Å². The van der Waals surface area contributed by atoms with Gasteiger partial charge in [-0.3, -0.25) is 4.99 Å². The fourth-order valence-electron chi connectivity index (χ4n) is 2.44. The molecular weight excluding hydrogens is 206 g/mol. The van der Waals surface area contributed by atoms with Crippen LogP contribution in [0.5, 0.6) is 0 Å². The quantitative estimate of drug-likeness (QED) is 0.677. The lowest BCUT2D eigenvalue weighted by atomic mass is 9.95. The van der Waals surface area contributed by atoms with Crippen LogP contribution in [0.3, 0.4) is 0 Å². The Morgan fingerprint density at radius 2 is 1.76 bits per heavy atom. The van der Waals surface area contributed by atoms with E-state index in [2.05, 4.69) is 44.3 Å². The molecule has 1 heteroatoms. The average molecular weight is 229 g/mol.